The Hall–Kier alpha value is -0.920. The molecule has 4 nitrogen and oxygen atoms in total. The number of hydrogen-bond donors (Lipinski definition) is 2. The van der Waals surface area contributed by atoms with Gasteiger partial charge in [0.2, 0.25) is 0 Å². The highest BCUT2D eigenvalue weighted by atomic mass is 79.9. The van der Waals surface area contributed by atoms with Gasteiger partial charge in [-0.25, -0.2) is 9.78 Å². The van der Waals surface area contributed by atoms with E-state index < -0.39 is 5.97 Å². The van der Waals surface area contributed by atoms with E-state index in [1.165, 1.54) is 0 Å². The van der Waals surface area contributed by atoms with E-state index in [1.807, 2.05) is 19.1 Å². The molecule has 0 saturated carbocycles. The maximum atomic E-state index is 11.0. The first kappa shape index (κ1) is 14.5. The van der Waals surface area contributed by atoms with Gasteiger partial charge in [-0.1, -0.05) is 11.3 Å². The predicted octanol–water partition coefficient (Wildman–Crippen LogP) is 4.73. The van der Waals surface area contributed by atoms with Crippen LogP contribution in [0.15, 0.2) is 21.1 Å². The molecule has 1 aromatic heterocycles. The lowest BCUT2D eigenvalue weighted by molar-refractivity contribution is 0.0701. The van der Waals surface area contributed by atoms with Crippen LogP contribution in [0.2, 0.25) is 0 Å². The number of aromatic nitrogens is 1. The first-order valence-corrected chi connectivity index (χ1v) is 7.72. The number of nitrogens with zero attached hydrogens (tertiary/aromatic N) is 1. The minimum Gasteiger partial charge on any atom is -0.477 e. The lowest BCUT2D eigenvalue weighted by Crippen LogP contribution is -1.94. The first-order chi connectivity index (χ1) is 8.88. The van der Waals surface area contributed by atoms with Crippen molar-refractivity contribution in [2.45, 2.75) is 13.8 Å². The molecule has 0 amide bonds. The molecule has 0 aliphatic rings. The summed E-state index contributed by atoms with van der Waals surface area (Å²) < 4.78 is 1.79. The van der Waals surface area contributed by atoms with E-state index in [1.54, 1.807) is 6.92 Å². The van der Waals surface area contributed by atoms with E-state index in [0.29, 0.717) is 10.8 Å². The van der Waals surface area contributed by atoms with Gasteiger partial charge < -0.3 is 10.4 Å². The maximum absolute atomic E-state index is 11.0. The molecule has 2 N–H and O–H groups in total. The number of carboxylic acid groups (broad SMARTS) is 1. The summed E-state index contributed by atoms with van der Waals surface area (Å²) >= 11 is 8.08. The summed E-state index contributed by atoms with van der Waals surface area (Å²) in [5, 5.41) is 12.7. The van der Waals surface area contributed by atoms with Gasteiger partial charge in [-0.05, 0) is 63.4 Å². The number of aryl methyl sites for hydroxylation is 2. The predicted molar refractivity (Wildman–Crippen MR) is 83.7 cm³/mol. The van der Waals surface area contributed by atoms with Gasteiger partial charge >= 0.3 is 5.97 Å². The highest BCUT2D eigenvalue weighted by Gasteiger charge is 2.15. The molecule has 0 spiro atoms. The fourth-order valence-electron chi connectivity index (χ4n) is 1.57. The second-order valence-corrected chi connectivity index (χ2v) is 6.68. The van der Waals surface area contributed by atoms with Crippen LogP contribution in [0.3, 0.4) is 0 Å². The average Bonchev–Trinajstić information content (AvgIpc) is 2.65. The molecule has 0 radical (unpaired) electrons. The highest BCUT2D eigenvalue weighted by molar-refractivity contribution is 9.11. The Labute approximate surface area is 131 Å². The zero-order valence-electron chi connectivity index (χ0n) is 10.1. The van der Waals surface area contributed by atoms with Crippen LogP contribution < -0.4 is 5.32 Å². The molecular formula is C12H10Br2N2O2S. The molecule has 0 atom stereocenters. The number of hydrogen-bond acceptors (Lipinski definition) is 4. The Balaban J connectivity index is 2.37. The molecule has 0 unspecified atom stereocenters. The van der Waals surface area contributed by atoms with Crippen LogP contribution in [0, 0.1) is 13.8 Å². The number of benzene rings is 1. The summed E-state index contributed by atoms with van der Waals surface area (Å²) in [4.78, 5) is 15.5. The molecule has 1 heterocycles. The Kier molecular flexibility index (Phi) is 4.27. The van der Waals surface area contributed by atoms with Crippen molar-refractivity contribution in [1.82, 2.24) is 4.98 Å². The monoisotopic (exact) mass is 404 g/mol. The molecule has 2 aromatic rings. The van der Waals surface area contributed by atoms with Crippen molar-refractivity contribution in [2.75, 3.05) is 5.32 Å². The molecule has 0 aliphatic carbocycles. The van der Waals surface area contributed by atoms with Gasteiger partial charge in [-0.2, -0.15) is 0 Å². The number of aromatic carboxylic acids is 1. The summed E-state index contributed by atoms with van der Waals surface area (Å²) in [6.07, 6.45) is 0. The van der Waals surface area contributed by atoms with Crippen LogP contribution >= 0.6 is 43.2 Å². The van der Waals surface area contributed by atoms with Gasteiger partial charge in [-0.15, -0.1) is 0 Å². The van der Waals surface area contributed by atoms with E-state index in [0.717, 1.165) is 31.5 Å². The quantitative estimate of drug-likeness (QED) is 0.774. The highest BCUT2D eigenvalue weighted by Crippen LogP contribution is 2.36. The summed E-state index contributed by atoms with van der Waals surface area (Å²) in [6.45, 7) is 3.68. The van der Waals surface area contributed by atoms with Gasteiger partial charge in [0.05, 0.1) is 11.4 Å². The molecule has 0 bridgehead atoms. The van der Waals surface area contributed by atoms with Crippen LogP contribution in [0.4, 0.5) is 10.8 Å². The third kappa shape index (κ3) is 3.16. The number of thiazole rings is 1. The van der Waals surface area contributed by atoms with E-state index in [4.69, 9.17) is 5.11 Å². The Bertz CT molecular complexity index is 632. The topological polar surface area (TPSA) is 62.2 Å². The van der Waals surface area contributed by atoms with Crippen LogP contribution in [-0.4, -0.2) is 16.1 Å². The van der Waals surface area contributed by atoms with Crippen molar-refractivity contribution in [1.29, 1.82) is 0 Å². The lowest BCUT2D eigenvalue weighted by Gasteiger charge is -2.09. The number of carbonyl (C=O) groups is 1. The smallest absolute Gasteiger partial charge is 0.347 e. The third-order valence-corrected chi connectivity index (χ3v) is 4.72. The SMILES string of the molecule is Cc1cc(Br)c(Nc2nc(C)c(C(=O)O)s2)c(Br)c1. The van der Waals surface area contributed by atoms with Crippen molar-refractivity contribution in [2.24, 2.45) is 0 Å². The van der Waals surface area contributed by atoms with Gasteiger partial charge in [0, 0.05) is 8.95 Å². The summed E-state index contributed by atoms with van der Waals surface area (Å²) in [5.74, 6) is -0.954. The Morgan fingerprint density at radius 3 is 2.37 bits per heavy atom. The molecule has 0 saturated heterocycles. The van der Waals surface area contributed by atoms with Crippen molar-refractivity contribution in [3.05, 3.63) is 37.2 Å². The molecule has 0 aliphatic heterocycles. The van der Waals surface area contributed by atoms with E-state index >= 15 is 0 Å². The van der Waals surface area contributed by atoms with Crippen LogP contribution in [0.25, 0.3) is 0 Å². The third-order valence-electron chi connectivity index (χ3n) is 2.41. The van der Waals surface area contributed by atoms with Crippen molar-refractivity contribution in [3.8, 4) is 0 Å². The zero-order valence-corrected chi connectivity index (χ0v) is 14.1. The Morgan fingerprint density at radius 1 is 1.32 bits per heavy atom. The molecule has 2 rings (SSSR count). The number of nitrogens with one attached hydrogen (secondary N) is 1. The second kappa shape index (κ2) is 5.60. The fraction of sp³-hybridized carbons (Fsp3) is 0.167. The van der Waals surface area contributed by atoms with E-state index in [9.17, 15) is 4.79 Å². The average molecular weight is 406 g/mol. The van der Waals surface area contributed by atoms with Gasteiger partial charge in [-0.3, -0.25) is 0 Å². The van der Waals surface area contributed by atoms with Crippen molar-refractivity contribution in [3.63, 3.8) is 0 Å². The molecule has 0 fully saturated rings. The fourth-order valence-corrected chi connectivity index (χ4v) is 4.00. The summed E-state index contributed by atoms with van der Waals surface area (Å²) in [7, 11) is 0. The second-order valence-electron chi connectivity index (χ2n) is 3.97. The normalized spacial score (nSPS) is 10.5. The molecular weight excluding hydrogens is 396 g/mol. The number of rotatable bonds is 3. The van der Waals surface area contributed by atoms with E-state index in [2.05, 4.69) is 42.2 Å². The maximum Gasteiger partial charge on any atom is 0.347 e. The van der Waals surface area contributed by atoms with Gasteiger partial charge in [0.25, 0.3) is 0 Å². The van der Waals surface area contributed by atoms with Crippen LogP contribution in [0.5, 0.6) is 0 Å². The summed E-state index contributed by atoms with van der Waals surface area (Å²) in [5.41, 5.74) is 2.46. The minimum absolute atomic E-state index is 0.252. The minimum atomic E-state index is -0.954. The number of carboxylic acids is 1. The van der Waals surface area contributed by atoms with E-state index in [-0.39, 0.29) is 4.88 Å². The zero-order chi connectivity index (χ0) is 14.2. The number of halogens is 2. The van der Waals surface area contributed by atoms with Crippen LogP contribution in [-0.2, 0) is 0 Å². The summed E-state index contributed by atoms with van der Waals surface area (Å²) in [6, 6.07) is 3.96. The van der Waals surface area contributed by atoms with Crippen molar-refractivity contribution >= 4 is 60.0 Å². The number of anilines is 2. The van der Waals surface area contributed by atoms with Crippen molar-refractivity contribution < 1.29 is 9.90 Å². The molecule has 7 heteroatoms. The standard InChI is InChI=1S/C12H10Br2N2O2S/c1-5-3-7(13)9(8(14)4-5)16-12-15-6(2)10(19-12)11(17)18/h3-4H,1-2H3,(H,15,16)(H,17,18). The molecule has 100 valence electrons. The molecule has 1 aromatic carbocycles. The first-order valence-electron chi connectivity index (χ1n) is 5.32. The van der Waals surface area contributed by atoms with Gasteiger partial charge in [0.1, 0.15) is 4.88 Å². The van der Waals surface area contributed by atoms with Crippen LogP contribution in [0.1, 0.15) is 20.9 Å². The molecule has 19 heavy (non-hydrogen) atoms. The Morgan fingerprint density at radius 2 is 1.89 bits per heavy atom. The van der Waals surface area contributed by atoms with Gasteiger partial charge in [0.15, 0.2) is 5.13 Å². The largest absolute Gasteiger partial charge is 0.477 e. The lowest BCUT2D eigenvalue weighted by atomic mass is 10.2.